The number of aliphatic hydroxyl groups excluding tert-OH is 1. The van der Waals surface area contributed by atoms with E-state index in [2.05, 4.69) is 19.1 Å². The molecule has 3 N–H and O–H groups in total. The second-order valence-corrected chi connectivity index (χ2v) is 3.48. The molecule has 0 aliphatic heterocycles. The summed E-state index contributed by atoms with van der Waals surface area (Å²) in [6.45, 7) is 3.38. The predicted octanol–water partition coefficient (Wildman–Crippen LogP) is 0.882. The maximum absolute atomic E-state index is 8.84. The highest BCUT2D eigenvalue weighted by molar-refractivity contribution is 5.54. The number of aryl methyl sites for hydroxylation is 1. The minimum Gasteiger partial charge on any atom is -0.395 e. The molecule has 0 amide bonds. The Bertz CT molecular complexity index is 299. The molecule has 0 aliphatic carbocycles. The molecule has 0 bridgehead atoms. The lowest BCUT2D eigenvalue weighted by Crippen LogP contribution is -2.23. The Morgan fingerprint density at radius 2 is 2.14 bits per heavy atom. The van der Waals surface area contributed by atoms with Gasteiger partial charge in [0.1, 0.15) is 0 Å². The summed E-state index contributed by atoms with van der Waals surface area (Å²) in [5.74, 6) is 0. The average molecular weight is 194 g/mol. The van der Waals surface area contributed by atoms with Gasteiger partial charge in [0.15, 0.2) is 0 Å². The van der Waals surface area contributed by atoms with Gasteiger partial charge in [0.25, 0.3) is 0 Å². The summed E-state index contributed by atoms with van der Waals surface area (Å²) < 4.78 is 0. The number of benzene rings is 1. The number of nitrogens with zero attached hydrogens (tertiary/aromatic N) is 1. The number of aliphatic hydroxyl groups is 1. The van der Waals surface area contributed by atoms with Crippen LogP contribution in [0.1, 0.15) is 11.1 Å². The fraction of sp³-hybridized carbons (Fsp3) is 0.455. The smallest absolute Gasteiger partial charge is 0.0606 e. The highest BCUT2D eigenvalue weighted by Gasteiger charge is 2.05. The van der Waals surface area contributed by atoms with Crippen molar-refractivity contribution in [1.82, 2.24) is 0 Å². The molecule has 1 aromatic carbocycles. The number of hydrogen-bond acceptors (Lipinski definition) is 3. The molecule has 3 nitrogen and oxygen atoms in total. The van der Waals surface area contributed by atoms with E-state index in [1.165, 1.54) is 5.56 Å². The second-order valence-electron chi connectivity index (χ2n) is 3.48. The molecule has 0 spiro atoms. The quantitative estimate of drug-likeness (QED) is 0.748. The molecular formula is C11H18N2O. The molecule has 78 valence electrons. The predicted molar refractivity (Wildman–Crippen MR) is 59.4 cm³/mol. The first-order chi connectivity index (χ1) is 6.69. The lowest BCUT2D eigenvalue weighted by molar-refractivity contribution is 0.304. The summed E-state index contributed by atoms with van der Waals surface area (Å²) in [6.07, 6.45) is 0. The van der Waals surface area contributed by atoms with Crippen molar-refractivity contribution in [2.75, 3.05) is 25.1 Å². The third-order valence-electron chi connectivity index (χ3n) is 2.30. The van der Waals surface area contributed by atoms with Crippen molar-refractivity contribution in [3.8, 4) is 0 Å². The van der Waals surface area contributed by atoms with Gasteiger partial charge in [-0.3, -0.25) is 0 Å². The van der Waals surface area contributed by atoms with E-state index in [9.17, 15) is 0 Å². The average Bonchev–Trinajstić information content (AvgIpc) is 2.17. The molecule has 0 unspecified atom stereocenters. The van der Waals surface area contributed by atoms with Gasteiger partial charge in [0, 0.05) is 25.8 Å². The van der Waals surface area contributed by atoms with Crippen molar-refractivity contribution in [3.05, 3.63) is 29.3 Å². The van der Waals surface area contributed by atoms with E-state index in [0.717, 1.165) is 11.3 Å². The van der Waals surface area contributed by atoms with Gasteiger partial charge in [-0.2, -0.15) is 0 Å². The van der Waals surface area contributed by atoms with Crippen molar-refractivity contribution in [2.24, 2.45) is 5.73 Å². The molecule has 14 heavy (non-hydrogen) atoms. The Morgan fingerprint density at radius 3 is 2.71 bits per heavy atom. The van der Waals surface area contributed by atoms with Crippen LogP contribution in [0.15, 0.2) is 18.2 Å². The zero-order valence-corrected chi connectivity index (χ0v) is 8.83. The van der Waals surface area contributed by atoms with E-state index >= 15 is 0 Å². The summed E-state index contributed by atoms with van der Waals surface area (Å²) >= 11 is 0. The lowest BCUT2D eigenvalue weighted by Gasteiger charge is -2.21. The summed E-state index contributed by atoms with van der Waals surface area (Å²) in [5.41, 5.74) is 9.11. The van der Waals surface area contributed by atoms with E-state index in [0.29, 0.717) is 13.1 Å². The summed E-state index contributed by atoms with van der Waals surface area (Å²) in [5, 5.41) is 8.84. The van der Waals surface area contributed by atoms with Crippen LogP contribution >= 0.6 is 0 Å². The topological polar surface area (TPSA) is 49.5 Å². The molecule has 1 rings (SSSR count). The van der Waals surface area contributed by atoms with Crippen molar-refractivity contribution < 1.29 is 5.11 Å². The Kier molecular flexibility index (Phi) is 3.92. The molecule has 0 aliphatic rings. The zero-order chi connectivity index (χ0) is 10.6. The van der Waals surface area contributed by atoms with Gasteiger partial charge in [-0.05, 0) is 18.6 Å². The molecule has 0 fully saturated rings. The second kappa shape index (κ2) is 4.98. The molecule has 3 heteroatoms. The van der Waals surface area contributed by atoms with Crippen LogP contribution < -0.4 is 10.6 Å². The van der Waals surface area contributed by atoms with E-state index in [1.54, 1.807) is 0 Å². The summed E-state index contributed by atoms with van der Waals surface area (Å²) in [7, 11) is 1.96. The first kappa shape index (κ1) is 11.0. The molecule has 0 aromatic heterocycles. The van der Waals surface area contributed by atoms with E-state index in [-0.39, 0.29) is 6.61 Å². The van der Waals surface area contributed by atoms with Crippen LogP contribution in [-0.2, 0) is 6.54 Å². The third kappa shape index (κ3) is 2.47. The summed E-state index contributed by atoms with van der Waals surface area (Å²) in [6, 6.07) is 6.19. The number of anilines is 1. The van der Waals surface area contributed by atoms with Crippen LogP contribution in [0.25, 0.3) is 0 Å². The fourth-order valence-corrected chi connectivity index (χ4v) is 1.52. The highest BCUT2D eigenvalue weighted by Crippen LogP contribution is 2.20. The molecule has 0 atom stereocenters. The number of likely N-dealkylation sites (N-methyl/N-ethyl adjacent to an activating group) is 1. The monoisotopic (exact) mass is 194 g/mol. The van der Waals surface area contributed by atoms with Gasteiger partial charge in [-0.15, -0.1) is 0 Å². The van der Waals surface area contributed by atoms with Crippen molar-refractivity contribution in [1.29, 1.82) is 0 Å². The molecule has 0 radical (unpaired) electrons. The van der Waals surface area contributed by atoms with Crippen molar-refractivity contribution in [3.63, 3.8) is 0 Å². The SMILES string of the molecule is Cc1ccc(N(C)CCO)c(CN)c1. The number of hydrogen-bond donors (Lipinski definition) is 2. The van der Waals surface area contributed by atoms with Gasteiger partial charge in [-0.25, -0.2) is 0 Å². The van der Waals surface area contributed by atoms with E-state index < -0.39 is 0 Å². The maximum Gasteiger partial charge on any atom is 0.0606 e. The standard InChI is InChI=1S/C11H18N2O/c1-9-3-4-11(10(7-9)8-12)13(2)5-6-14/h3-4,7,14H,5-6,8,12H2,1-2H3. The van der Waals surface area contributed by atoms with Crippen LogP contribution in [0.3, 0.4) is 0 Å². The largest absolute Gasteiger partial charge is 0.395 e. The Morgan fingerprint density at radius 1 is 1.43 bits per heavy atom. The third-order valence-corrected chi connectivity index (χ3v) is 2.30. The van der Waals surface area contributed by atoms with Gasteiger partial charge in [-0.1, -0.05) is 17.7 Å². The Balaban J connectivity index is 2.95. The normalized spacial score (nSPS) is 10.3. The molecule has 1 aromatic rings. The van der Waals surface area contributed by atoms with Crippen molar-refractivity contribution in [2.45, 2.75) is 13.5 Å². The minimum atomic E-state index is 0.161. The van der Waals surface area contributed by atoms with Gasteiger partial charge in [0.2, 0.25) is 0 Å². The van der Waals surface area contributed by atoms with Crippen LogP contribution in [0.4, 0.5) is 5.69 Å². The van der Waals surface area contributed by atoms with Gasteiger partial charge >= 0.3 is 0 Å². The van der Waals surface area contributed by atoms with Crippen LogP contribution in [0.5, 0.6) is 0 Å². The van der Waals surface area contributed by atoms with E-state index in [4.69, 9.17) is 10.8 Å². The Hall–Kier alpha value is -1.06. The maximum atomic E-state index is 8.84. The fourth-order valence-electron chi connectivity index (χ4n) is 1.52. The Labute approximate surface area is 85.2 Å². The first-order valence-corrected chi connectivity index (χ1v) is 4.80. The highest BCUT2D eigenvalue weighted by atomic mass is 16.3. The molecule has 0 saturated carbocycles. The first-order valence-electron chi connectivity index (χ1n) is 4.80. The van der Waals surface area contributed by atoms with Gasteiger partial charge < -0.3 is 15.7 Å². The lowest BCUT2D eigenvalue weighted by atomic mass is 10.1. The number of rotatable bonds is 4. The van der Waals surface area contributed by atoms with Crippen LogP contribution in [0, 0.1) is 6.92 Å². The zero-order valence-electron chi connectivity index (χ0n) is 8.83. The van der Waals surface area contributed by atoms with Crippen LogP contribution in [0.2, 0.25) is 0 Å². The van der Waals surface area contributed by atoms with E-state index in [1.807, 2.05) is 18.0 Å². The molecular weight excluding hydrogens is 176 g/mol. The van der Waals surface area contributed by atoms with Gasteiger partial charge in [0.05, 0.1) is 6.61 Å². The van der Waals surface area contributed by atoms with Crippen molar-refractivity contribution >= 4 is 5.69 Å². The summed E-state index contributed by atoms with van der Waals surface area (Å²) in [4.78, 5) is 2.02. The molecule has 0 heterocycles. The minimum absolute atomic E-state index is 0.161. The van der Waals surface area contributed by atoms with Crippen LogP contribution in [-0.4, -0.2) is 25.3 Å². The molecule has 0 saturated heterocycles. The number of nitrogens with two attached hydrogens (primary N) is 1.